The van der Waals surface area contributed by atoms with Crippen molar-refractivity contribution in [3.8, 4) is 11.1 Å². The molecule has 1 aliphatic carbocycles. The lowest BCUT2D eigenvalue weighted by atomic mass is 9.88. The standard InChI is InChI=1S/C30H34F3N3O3S/c1-29(2,14-19-10-20-6-4-5-7-21(20)11-19)35-17-24(37)18-36(3)40-25-8-9-26(27(13-25)30(31,32)33)22-12-23(28(38)39)16-34-15-22/h4-9,12-13,15-16,19,24,35,37H,10-11,14,17-18H2,1-3H3,(H,38,39)/t24-/m1/s1. The molecule has 1 atom stereocenters. The Morgan fingerprint density at radius 3 is 2.42 bits per heavy atom. The van der Waals surface area contributed by atoms with Crippen molar-refractivity contribution in [3.05, 3.63) is 83.2 Å². The molecule has 6 nitrogen and oxygen atoms in total. The number of aromatic carboxylic acids is 1. The molecule has 2 aromatic carbocycles. The fourth-order valence-corrected chi connectivity index (χ4v) is 6.24. The van der Waals surface area contributed by atoms with E-state index in [4.69, 9.17) is 0 Å². The van der Waals surface area contributed by atoms with E-state index in [2.05, 4.69) is 48.4 Å². The van der Waals surface area contributed by atoms with Crippen molar-refractivity contribution >= 4 is 17.9 Å². The van der Waals surface area contributed by atoms with Crippen molar-refractivity contribution in [2.75, 3.05) is 20.1 Å². The van der Waals surface area contributed by atoms with E-state index in [0.29, 0.717) is 17.4 Å². The van der Waals surface area contributed by atoms with Gasteiger partial charge in [0.25, 0.3) is 0 Å². The average molecular weight is 574 g/mol. The number of β-amino-alcohol motifs (C(OH)–C–C–N with tert-alkyl or cyclic N) is 1. The number of hydrogen-bond donors (Lipinski definition) is 3. The van der Waals surface area contributed by atoms with E-state index in [1.54, 1.807) is 17.4 Å². The van der Waals surface area contributed by atoms with Gasteiger partial charge in [0, 0.05) is 41.5 Å². The number of hydrogen-bond acceptors (Lipinski definition) is 6. The number of benzene rings is 2. The van der Waals surface area contributed by atoms with Gasteiger partial charge in [0.1, 0.15) is 0 Å². The van der Waals surface area contributed by atoms with Gasteiger partial charge < -0.3 is 15.5 Å². The van der Waals surface area contributed by atoms with Gasteiger partial charge in [0.05, 0.1) is 17.2 Å². The number of carbonyl (C=O) groups is 1. The summed E-state index contributed by atoms with van der Waals surface area (Å²) in [6, 6.07) is 13.6. The summed E-state index contributed by atoms with van der Waals surface area (Å²) in [5, 5.41) is 23.3. The lowest BCUT2D eigenvalue weighted by molar-refractivity contribution is -0.137. The van der Waals surface area contributed by atoms with Gasteiger partial charge in [-0.05, 0) is 92.9 Å². The molecule has 1 aromatic heterocycles. The van der Waals surface area contributed by atoms with E-state index in [9.17, 15) is 28.2 Å². The van der Waals surface area contributed by atoms with E-state index in [1.165, 1.54) is 29.5 Å². The summed E-state index contributed by atoms with van der Waals surface area (Å²) in [6.07, 6.45) is 0.0198. The van der Waals surface area contributed by atoms with Crippen molar-refractivity contribution < 1.29 is 28.2 Å². The van der Waals surface area contributed by atoms with Crippen LogP contribution in [0.3, 0.4) is 0 Å². The van der Waals surface area contributed by atoms with Gasteiger partial charge in [-0.2, -0.15) is 13.2 Å². The first-order valence-electron chi connectivity index (χ1n) is 13.1. The van der Waals surface area contributed by atoms with Crippen LogP contribution >= 0.6 is 11.9 Å². The van der Waals surface area contributed by atoms with E-state index in [-0.39, 0.29) is 28.8 Å². The van der Waals surface area contributed by atoms with Crippen LogP contribution in [0.25, 0.3) is 11.1 Å². The molecule has 4 rings (SSSR count). The zero-order valence-corrected chi connectivity index (χ0v) is 23.5. The van der Waals surface area contributed by atoms with E-state index < -0.39 is 23.8 Å². The summed E-state index contributed by atoms with van der Waals surface area (Å²) in [5.74, 6) is -0.722. The Morgan fingerprint density at radius 2 is 1.80 bits per heavy atom. The highest BCUT2D eigenvalue weighted by molar-refractivity contribution is 7.97. The number of carboxylic acids is 1. The molecule has 3 N–H and O–H groups in total. The lowest BCUT2D eigenvalue weighted by Gasteiger charge is -2.31. The van der Waals surface area contributed by atoms with Crippen LogP contribution in [0.15, 0.2) is 65.8 Å². The highest BCUT2D eigenvalue weighted by atomic mass is 32.2. The van der Waals surface area contributed by atoms with Gasteiger partial charge in [0.15, 0.2) is 0 Å². The Kier molecular flexibility index (Phi) is 9.24. The highest BCUT2D eigenvalue weighted by Gasteiger charge is 2.34. The molecule has 0 spiro atoms. The maximum Gasteiger partial charge on any atom is 0.417 e. The molecule has 3 aromatic rings. The molecule has 0 saturated heterocycles. The number of nitrogens with zero attached hydrogens (tertiary/aromatic N) is 2. The second kappa shape index (κ2) is 12.3. The summed E-state index contributed by atoms with van der Waals surface area (Å²) >= 11 is 1.10. The number of likely N-dealkylation sites (N-methyl/N-ethyl adjacent to an activating group) is 1. The summed E-state index contributed by atoms with van der Waals surface area (Å²) in [4.78, 5) is 15.4. The molecule has 40 heavy (non-hydrogen) atoms. The second-order valence-electron chi connectivity index (χ2n) is 11.0. The van der Waals surface area contributed by atoms with E-state index in [1.807, 2.05) is 0 Å². The number of fused-ring (bicyclic) bond motifs is 1. The van der Waals surface area contributed by atoms with Gasteiger partial charge in [-0.1, -0.05) is 30.3 Å². The number of aliphatic hydroxyl groups is 1. The Morgan fingerprint density at radius 1 is 1.12 bits per heavy atom. The van der Waals surface area contributed by atoms with Crippen LogP contribution in [-0.2, 0) is 19.0 Å². The molecule has 1 heterocycles. The molecular weight excluding hydrogens is 539 g/mol. The zero-order chi connectivity index (χ0) is 29.1. The molecule has 0 saturated carbocycles. The number of aromatic nitrogens is 1. The SMILES string of the molecule is CN(C[C@H](O)CNC(C)(C)CC1Cc2ccccc2C1)Sc1ccc(-c2cncc(C(=O)O)c2)c(C(F)(F)F)c1. The fourth-order valence-electron chi connectivity index (χ4n) is 5.33. The van der Waals surface area contributed by atoms with Gasteiger partial charge >= 0.3 is 12.1 Å². The Bertz CT molecular complexity index is 1320. The molecule has 0 bridgehead atoms. The maximum atomic E-state index is 13.9. The van der Waals surface area contributed by atoms with Gasteiger partial charge in [-0.25, -0.2) is 9.10 Å². The van der Waals surface area contributed by atoms with Crippen molar-refractivity contribution in [3.63, 3.8) is 0 Å². The van der Waals surface area contributed by atoms with E-state index >= 15 is 0 Å². The zero-order valence-electron chi connectivity index (χ0n) is 22.7. The maximum absolute atomic E-state index is 13.9. The Labute approximate surface area is 236 Å². The van der Waals surface area contributed by atoms with Crippen molar-refractivity contribution in [2.24, 2.45) is 5.92 Å². The van der Waals surface area contributed by atoms with Gasteiger partial charge in [-0.3, -0.25) is 4.98 Å². The molecule has 10 heteroatoms. The number of aliphatic hydroxyl groups excluding tert-OH is 1. The van der Waals surface area contributed by atoms with Crippen LogP contribution in [0.5, 0.6) is 0 Å². The summed E-state index contributed by atoms with van der Waals surface area (Å²) in [6.45, 7) is 4.86. The Balaban J connectivity index is 1.34. The normalized spacial score (nSPS) is 14.9. The highest BCUT2D eigenvalue weighted by Crippen LogP contribution is 2.40. The lowest BCUT2D eigenvalue weighted by Crippen LogP contribution is -2.46. The molecular formula is C30H34F3N3O3S. The van der Waals surface area contributed by atoms with Crippen molar-refractivity contribution in [1.82, 2.24) is 14.6 Å². The minimum Gasteiger partial charge on any atom is -0.478 e. The molecule has 0 aliphatic heterocycles. The molecule has 0 amide bonds. The van der Waals surface area contributed by atoms with Crippen LogP contribution in [0.4, 0.5) is 13.2 Å². The first kappa shape index (κ1) is 30.0. The number of halogens is 3. The van der Waals surface area contributed by atoms with E-state index in [0.717, 1.165) is 43.5 Å². The molecule has 214 valence electrons. The largest absolute Gasteiger partial charge is 0.478 e. The minimum absolute atomic E-state index is 0.0720. The molecule has 0 radical (unpaired) electrons. The summed E-state index contributed by atoms with van der Waals surface area (Å²) in [5.41, 5.74) is 1.50. The van der Waals surface area contributed by atoms with Crippen LogP contribution < -0.4 is 5.32 Å². The first-order valence-corrected chi connectivity index (χ1v) is 13.9. The number of alkyl halides is 3. The minimum atomic E-state index is -4.65. The van der Waals surface area contributed by atoms with Crippen molar-refractivity contribution in [1.29, 1.82) is 0 Å². The Hall–Kier alpha value is -2.92. The number of nitrogens with one attached hydrogen (secondary N) is 1. The monoisotopic (exact) mass is 573 g/mol. The fraction of sp³-hybridized carbons (Fsp3) is 0.400. The third kappa shape index (κ3) is 7.84. The molecule has 0 fully saturated rings. The van der Waals surface area contributed by atoms with Gasteiger partial charge in [-0.15, -0.1) is 0 Å². The molecule has 0 unspecified atom stereocenters. The predicted octanol–water partition coefficient (Wildman–Crippen LogP) is 5.94. The summed E-state index contributed by atoms with van der Waals surface area (Å²) in [7, 11) is 1.72. The quantitative estimate of drug-likeness (QED) is 0.245. The number of pyridine rings is 1. The first-order chi connectivity index (χ1) is 18.8. The van der Waals surface area contributed by atoms with Gasteiger partial charge in [0.2, 0.25) is 0 Å². The van der Waals surface area contributed by atoms with Crippen LogP contribution in [0.2, 0.25) is 0 Å². The number of rotatable bonds is 11. The van der Waals surface area contributed by atoms with Crippen molar-refractivity contribution in [2.45, 2.75) is 55.8 Å². The number of carboxylic acid groups (broad SMARTS) is 1. The van der Waals surface area contributed by atoms with Crippen LogP contribution in [0, 0.1) is 5.92 Å². The smallest absolute Gasteiger partial charge is 0.417 e. The van der Waals surface area contributed by atoms with Crippen LogP contribution in [0.1, 0.15) is 47.3 Å². The third-order valence-corrected chi connectivity index (χ3v) is 8.00. The predicted molar refractivity (Wildman–Crippen MR) is 150 cm³/mol. The van der Waals surface area contributed by atoms with Crippen LogP contribution in [-0.4, -0.2) is 57.3 Å². The third-order valence-electron chi connectivity index (χ3n) is 7.07. The topological polar surface area (TPSA) is 85.7 Å². The molecule has 1 aliphatic rings. The second-order valence-corrected chi connectivity index (χ2v) is 12.3. The average Bonchev–Trinajstić information content (AvgIpc) is 3.28. The summed E-state index contributed by atoms with van der Waals surface area (Å²) < 4.78 is 43.5.